The molecule has 0 radical (unpaired) electrons. The van der Waals surface area contributed by atoms with Gasteiger partial charge in [0.1, 0.15) is 16.9 Å². The number of carbonyl (C=O) groups excluding carboxylic acids is 4. The van der Waals surface area contributed by atoms with E-state index in [9.17, 15) is 24.0 Å². The summed E-state index contributed by atoms with van der Waals surface area (Å²) in [7, 11) is 1.45. The molecular weight excluding hydrogens is 864 g/mol. The molecule has 2 aromatic carbocycles. The van der Waals surface area contributed by atoms with Crippen LogP contribution in [0.1, 0.15) is 98.7 Å². The first-order valence-electron chi connectivity index (χ1n) is 22.4. The number of aromatic nitrogens is 3. The smallest absolute Gasteiger partial charge is 0.293 e. The summed E-state index contributed by atoms with van der Waals surface area (Å²) in [4.78, 5) is 77.4. The van der Waals surface area contributed by atoms with Crippen molar-refractivity contribution in [2.45, 2.75) is 108 Å². The van der Waals surface area contributed by atoms with Gasteiger partial charge in [0.25, 0.3) is 17.4 Å². The normalized spacial score (nSPS) is 22.0. The van der Waals surface area contributed by atoms with Crippen molar-refractivity contribution in [3.8, 4) is 5.75 Å². The van der Waals surface area contributed by atoms with Crippen molar-refractivity contribution in [3.05, 3.63) is 80.2 Å². The van der Waals surface area contributed by atoms with E-state index in [1.165, 1.54) is 34.8 Å². The molecule has 16 nitrogen and oxygen atoms in total. The highest BCUT2D eigenvalue weighted by molar-refractivity contribution is 6.33. The van der Waals surface area contributed by atoms with Crippen molar-refractivity contribution in [1.82, 2.24) is 35.0 Å². The number of benzene rings is 2. The van der Waals surface area contributed by atoms with Gasteiger partial charge in [-0.3, -0.25) is 29.3 Å². The van der Waals surface area contributed by atoms with Crippen molar-refractivity contribution in [2.24, 2.45) is 0 Å². The van der Waals surface area contributed by atoms with Crippen LogP contribution in [0.5, 0.6) is 5.75 Å². The maximum absolute atomic E-state index is 16.2. The van der Waals surface area contributed by atoms with Crippen LogP contribution in [0.3, 0.4) is 0 Å². The standard InChI is InChI=1S/C46H52ClF2N9O7/c1-24(2)58-35-7-6-34(41(49)31(35)20-37(45(58)63)64-23-39(60)50-3)52-42-33(47)21-51-46(54-42)56-16-12-27(13-17-56)65-28-18-26(19-28)55-14-10-25(11-15-55)29-4-5-30-32(40(29)48)22-57(44(30)62)36-8-9-38(59)53-43(36)61/h4-7,20-21,24-28,36H,8-19,22-23H2,1-3H3,(H,50,60)(H,51,52,54)(H,53,59,61)/t26?,28?,36-/m1/s1. The molecule has 0 bridgehead atoms. The van der Waals surface area contributed by atoms with Crippen LogP contribution in [-0.4, -0.2) is 112 Å². The molecule has 344 valence electrons. The number of carbonyl (C=O) groups is 4. The predicted octanol–water partition coefficient (Wildman–Crippen LogP) is 5.33. The molecule has 0 spiro atoms. The molecule has 2 aromatic heterocycles. The Labute approximate surface area is 379 Å². The number of halogens is 3. The number of pyridine rings is 1. The SMILES string of the molecule is CNC(=O)COc1cc2c(F)c(Nc3nc(N4CCC(OC5CC(N6CCC(c7ccc8c(c7F)CN([C@@H]7CCC(=O)NC7=O)C8=O)CC6)C5)CC4)ncc3Cl)ccc2n(C(C)C)c1=O. The molecule has 4 aromatic rings. The first-order chi connectivity index (χ1) is 31.3. The second-order valence-corrected chi connectivity index (χ2v) is 18.3. The topological polar surface area (TPSA) is 180 Å². The molecule has 5 aliphatic rings. The minimum absolute atomic E-state index is 0.0264. The number of fused-ring (bicyclic) bond motifs is 2. The Bertz CT molecular complexity index is 2610. The summed E-state index contributed by atoms with van der Waals surface area (Å²) in [5.74, 6) is -2.11. The third-order valence-electron chi connectivity index (χ3n) is 13.6. The number of likely N-dealkylation sites (tertiary alicyclic amines) is 1. The minimum Gasteiger partial charge on any atom is -0.478 e. The van der Waals surface area contributed by atoms with Crippen LogP contribution in [0.15, 0.2) is 41.3 Å². The molecular formula is C46H52ClF2N9O7. The Kier molecular flexibility index (Phi) is 12.5. The lowest BCUT2D eigenvalue weighted by atomic mass is 9.83. The molecule has 1 aliphatic carbocycles. The maximum atomic E-state index is 16.2. The van der Waals surface area contributed by atoms with E-state index in [-0.39, 0.29) is 88.8 Å². The van der Waals surface area contributed by atoms with Crippen molar-refractivity contribution in [3.63, 3.8) is 0 Å². The number of hydrogen-bond donors (Lipinski definition) is 3. The molecule has 3 N–H and O–H groups in total. The molecule has 1 atom stereocenters. The fraction of sp³-hybridized carbons (Fsp3) is 0.500. The highest BCUT2D eigenvalue weighted by Crippen LogP contribution is 2.40. The van der Waals surface area contributed by atoms with E-state index in [1.807, 2.05) is 0 Å². The number of ether oxygens (including phenoxy) is 2. The summed E-state index contributed by atoms with van der Waals surface area (Å²) in [6, 6.07) is 7.22. The Balaban J connectivity index is 0.756. The average Bonchev–Trinajstić information content (AvgIpc) is 3.62. The number of hydrogen-bond acceptors (Lipinski definition) is 12. The van der Waals surface area contributed by atoms with Crippen LogP contribution in [0, 0.1) is 11.6 Å². The fourth-order valence-electron chi connectivity index (χ4n) is 9.93. The summed E-state index contributed by atoms with van der Waals surface area (Å²) in [6.45, 7) is 6.26. The number of anilines is 3. The first kappa shape index (κ1) is 44.5. The van der Waals surface area contributed by atoms with E-state index >= 15 is 8.78 Å². The molecule has 3 saturated heterocycles. The van der Waals surface area contributed by atoms with Crippen LogP contribution in [0.4, 0.5) is 26.2 Å². The van der Waals surface area contributed by atoms with Gasteiger partial charge >= 0.3 is 0 Å². The zero-order valence-electron chi connectivity index (χ0n) is 36.5. The summed E-state index contributed by atoms with van der Waals surface area (Å²) < 4.78 is 45.7. The number of amides is 4. The summed E-state index contributed by atoms with van der Waals surface area (Å²) >= 11 is 6.52. The number of nitrogens with one attached hydrogen (secondary N) is 3. The number of piperidine rings is 3. The quantitative estimate of drug-likeness (QED) is 0.156. The lowest BCUT2D eigenvalue weighted by Gasteiger charge is -2.47. The third-order valence-corrected chi connectivity index (χ3v) is 13.9. The van der Waals surface area contributed by atoms with Gasteiger partial charge in [-0.05, 0) is 108 Å². The van der Waals surface area contributed by atoms with Gasteiger partial charge < -0.3 is 39.4 Å². The zero-order chi connectivity index (χ0) is 45.7. The molecule has 6 heterocycles. The van der Waals surface area contributed by atoms with E-state index in [1.54, 1.807) is 32.0 Å². The Morgan fingerprint density at radius 3 is 2.43 bits per heavy atom. The average molecular weight is 916 g/mol. The number of nitrogens with zero attached hydrogens (tertiary/aromatic N) is 6. The van der Waals surface area contributed by atoms with Gasteiger partial charge in [-0.25, -0.2) is 13.8 Å². The number of rotatable bonds is 12. The Hall–Kier alpha value is -5.72. The predicted molar refractivity (Wildman–Crippen MR) is 238 cm³/mol. The third kappa shape index (κ3) is 8.75. The van der Waals surface area contributed by atoms with E-state index in [2.05, 4.69) is 35.7 Å². The van der Waals surface area contributed by atoms with E-state index in [0.29, 0.717) is 47.3 Å². The van der Waals surface area contributed by atoms with Gasteiger partial charge in [0.15, 0.2) is 24.0 Å². The number of likely N-dealkylation sites (N-methyl/N-ethyl adjacent to an activating group) is 1. The van der Waals surface area contributed by atoms with E-state index in [4.69, 9.17) is 21.1 Å². The molecule has 19 heteroatoms. The van der Waals surface area contributed by atoms with Gasteiger partial charge in [-0.1, -0.05) is 17.7 Å². The number of imide groups is 1. The summed E-state index contributed by atoms with van der Waals surface area (Å²) in [6.07, 6.45) is 7.19. The van der Waals surface area contributed by atoms with Crippen LogP contribution in [0.2, 0.25) is 5.02 Å². The van der Waals surface area contributed by atoms with Crippen molar-refractivity contribution < 1.29 is 37.4 Å². The minimum atomic E-state index is -0.779. The van der Waals surface area contributed by atoms with Crippen LogP contribution < -0.4 is 31.1 Å². The molecule has 0 unspecified atom stereocenters. The molecule has 4 aliphatic heterocycles. The maximum Gasteiger partial charge on any atom is 0.293 e. The fourth-order valence-corrected chi connectivity index (χ4v) is 10.1. The van der Waals surface area contributed by atoms with Gasteiger partial charge in [0, 0.05) is 55.2 Å². The molecule has 9 rings (SSSR count). The molecule has 4 fully saturated rings. The van der Waals surface area contributed by atoms with E-state index < -0.39 is 35.8 Å². The van der Waals surface area contributed by atoms with Crippen LogP contribution in [0.25, 0.3) is 10.9 Å². The zero-order valence-corrected chi connectivity index (χ0v) is 37.3. The summed E-state index contributed by atoms with van der Waals surface area (Å²) in [5.41, 5.74) is 1.23. The monoisotopic (exact) mass is 915 g/mol. The van der Waals surface area contributed by atoms with E-state index in [0.717, 1.165) is 51.6 Å². The van der Waals surface area contributed by atoms with Crippen LogP contribution in [-0.2, 0) is 25.7 Å². The second-order valence-electron chi connectivity index (χ2n) is 17.9. The molecule has 1 saturated carbocycles. The van der Waals surface area contributed by atoms with Gasteiger partial charge in [0.2, 0.25) is 17.8 Å². The van der Waals surface area contributed by atoms with Crippen LogP contribution >= 0.6 is 11.6 Å². The van der Waals surface area contributed by atoms with Gasteiger partial charge in [0.05, 0.1) is 36.2 Å². The Morgan fingerprint density at radius 2 is 1.72 bits per heavy atom. The van der Waals surface area contributed by atoms with Crippen molar-refractivity contribution in [2.75, 3.05) is 50.1 Å². The van der Waals surface area contributed by atoms with Crippen molar-refractivity contribution in [1.29, 1.82) is 0 Å². The Morgan fingerprint density at radius 1 is 0.969 bits per heavy atom. The van der Waals surface area contributed by atoms with Gasteiger partial charge in [-0.15, -0.1) is 0 Å². The second kappa shape index (κ2) is 18.3. The molecule has 4 amide bonds. The first-order valence-corrected chi connectivity index (χ1v) is 22.8. The lowest BCUT2D eigenvalue weighted by Crippen LogP contribution is -2.52. The highest BCUT2D eigenvalue weighted by atomic mass is 35.5. The molecule has 65 heavy (non-hydrogen) atoms. The largest absolute Gasteiger partial charge is 0.478 e. The van der Waals surface area contributed by atoms with Gasteiger partial charge in [-0.2, -0.15) is 4.98 Å². The van der Waals surface area contributed by atoms with Crippen molar-refractivity contribution >= 4 is 63.6 Å². The summed E-state index contributed by atoms with van der Waals surface area (Å²) in [5, 5.41) is 8.07. The highest BCUT2D eigenvalue weighted by Gasteiger charge is 2.42. The lowest BCUT2D eigenvalue weighted by molar-refractivity contribution is -0.137.